The zero-order valence-corrected chi connectivity index (χ0v) is 13.8. The van der Waals surface area contributed by atoms with Crippen molar-refractivity contribution in [2.75, 3.05) is 13.1 Å². The molecule has 1 aliphatic rings. The van der Waals surface area contributed by atoms with E-state index in [2.05, 4.69) is 18.3 Å². The Morgan fingerprint density at radius 1 is 1.38 bits per heavy atom. The quantitative estimate of drug-likeness (QED) is 0.929. The summed E-state index contributed by atoms with van der Waals surface area (Å²) >= 11 is 1.68. The number of likely N-dealkylation sites (tertiary alicyclic amines) is 1. The molecule has 0 aliphatic carbocycles. The fourth-order valence-electron chi connectivity index (χ4n) is 2.62. The molecule has 1 fully saturated rings. The molecule has 0 unspecified atom stereocenters. The first-order valence-corrected chi connectivity index (χ1v) is 8.46. The van der Waals surface area contributed by atoms with E-state index in [0.717, 1.165) is 12.8 Å². The first-order valence-electron chi connectivity index (χ1n) is 7.58. The van der Waals surface area contributed by atoms with Gasteiger partial charge in [0.05, 0.1) is 6.54 Å². The number of hydrogen-bond acceptors (Lipinski definition) is 3. The topological polar surface area (TPSA) is 49.4 Å². The molecule has 1 N–H and O–H groups in total. The van der Waals surface area contributed by atoms with Gasteiger partial charge in [0.15, 0.2) is 0 Å². The van der Waals surface area contributed by atoms with Crippen LogP contribution in [-0.2, 0) is 16.1 Å². The van der Waals surface area contributed by atoms with Crippen molar-refractivity contribution in [1.82, 2.24) is 10.2 Å². The molecule has 2 heterocycles. The Hall–Kier alpha value is -1.36. The van der Waals surface area contributed by atoms with E-state index in [1.54, 1.807) is 11.3 Å². The number of thiophene rings is 1. The lowest BCUT2D eigenvalue weighted by molar-refractivity contribution is -0.138. The Balaban J connectivity index is 1.78. The minimum Gasteiger partial charge on any atom is -0.351 e. The Kier molecular flexibility index (Phi) is 5.39. The lowest BCUT2D eigenvalue weighted by atomic mass is 9.95. The largest absolute Gasteiger partial charge is 0.351 e. The van der Waals surface area contributed by atoms with Crippen LogP contribution in [-0.4, -0.2) is 29.8 Å². The number of hydrogen-bond donors (Lipinski definition) is 1. The van der Waals surface area contributed by atoms with E-state index in [4.69, 9.17) is 0 Å². The number of aryl methyl sites for hydroxylation is 1. The second-order valence-corrected chi connectivity index (χ2v) is 7.00. The Morgan fingerprint density at radius 3 is 2.57 bits per heavy atom. The fraction of sp³-hybridized carbons (Fsp3) is 0.625. The highest BCUT2D eigenvalue weighted by Crippen LogP contribution is 2.20. The molecule has 1 aliphatic heterocycles. The van der Waals surface area contributed by atoms with Crippen LogP contribution >= 0.6 is 11.3 Å². The Labute approximate surface area is 130 Å². The van der Waals surface area contributed by atoms with Crippen LogP contribution in [0, 0.1) is 18.8 Å². The van der Waals surface area contributed by atoms with Crippen molar-refractivity contribution >= 4 is 23.2 Å². The van der Waals surface area contributed by atoms with Crippen LogP contribution in [0.1, 0.15) is 37.1 Å². The maximum absolute atomic E-state index is 12.2. The smallest absolute Gasteiger partial charge is 0.225 e. The highest BCUT2D eigenvalue weighted by Gasteiger charge is 2.28. The number of nitrogens with one attached hydrogen (secondary N) is 1. The van der Waals surface area contributed by atoms with Gasteiger partial charge >= 0.3 is 0 Å². The van der Waals surface area contributed by atoms with Crippen LogP contribution in [0.4, 0.5) is 0 Å². The third kappa shape index (κ3) is 4.06. The third-order valence-electron chi connectivity index (χ3n) is 4.06. The molecule has 1 saturated heterocycles. The Bertz CT molecular complexity index is 502. The fourth-order valence-corrected chi connectivity index (χ4v) is 3.47. The number of carbonyl (C=O) groups excluding carboxylic acids is 2. The maximum Gasteiger partial charge on any atom is 0.225 e. The minimum absolute atomic E-state index is 0.0391. The van der Waals surface area contributed by atoms with E-state index in [1.165, 1.54) is 10.4 Å². The van der Waals surface area contributed by atoms with Crippen molar-refractivity contribution < 1.29 is 9.59 Å². The maximum atomic E-state index is 12.2. The standard InChI is InChI=1S/C16H24N2O2S/c1-11(2)16(20)18-7-4-13(5-8-18)15(19)17-10-14-12(3)6-9-21-14/h6,9,11,13H,4-5,7-8,10H2,1-3H3,(H,17,19). The second kappa shape index (κ2) is 7.07. The van der Waals surface area contributed by atoms with Gasteiger partial charge in [0.2, 0.25) is 11.8 Å². The summed E-state index contributed by atoms with van der Waals surface area (Å²) in [5.74, 6) is 0.404. The van der Waals surface area contributed by atoms with Crippen LogP contribution in [0.3, 0.4) is 0 Å². The van der Waals surface area contributed by atoms with Gasteiger partial charge in [0, 0.05) is 29.8 Å². The minimum atomic E-state index is 0.0391. The van der Waals surface area contributed by atoms with Crippen molar-refractivity contribution in [2.24, 2.45) is 11.8 Å². The number of rotatable bonds is 4. The van der Waals surface area contributed by atoms with Crippen LogP contribution in [0.15, 0.2) is 11.4 Å². The number of piperidine rings is 1. The van der Waals surface area contributed by atoms with Crippen LogP contribution in [0.25, 0.3) is 0 Å². The SMILES string of the molecule is Cc1ccsc1CNC(=O)C1CCN(C(=O)C(C)C)CC1. The van der Waals surface area contributed by atoms with Crippen LogP contribution in [0.5, 0.6) is 0 Å². The van der Waals surface area contributed by atoms with E-state index in [9.17, 15) is 9.59 Å². The first kappa shape index (κ1) is 16.0. The van der Waals surface area contributed by atoms with Crippen molar-refractivity contribution in [1.29, 1.82) is 0 Å². The zero-order chi connectivity index (χ0) is 15.4. The van der Waals surface area contributed by atoms with E-state index in [0.29, 0.717) is 19.6 Å². The molecular weight excluding hydrogens is 284 g/mol. The molecule has 5 heteroatoms. The molecule has 0 saturated carbocycles. The summed E-state index contributed by atoms with van der Waals surface area (Å²) in [5, 5.41) is 5.08. The summed E-state index contributed by atoms with van der Waals surface area (Å²) < 4.78 is 0. The summed E-state index contributed by atoms with van der Waals surface area (Å²) in [7, 11) is 0. The predicted molar refractivity (Wildman–Crippen MR) is 85.0 cm³/mol. The Morgan fingerprint density at radius 2 is 2.05 bits per heavy atom. The lowest BCUT2D eigenvalue weighted by Gasteiger charge is -2.32. The lowest BCUT2D eigenvalue weighted by Crippen LogP contribution is -2.44. The van der Waals surface area contributed by atoms with Crippen molar-refractivity contribution in [3.8, 4) is 0 Å². The van der Waals surface area contributed by atoms with E-state index < -0.39 is 0 Å². The molecule has 0 aromatic carbocycles. The first-order chi connectivity index (χ1) is 9.99. The molecule has 1 aromatic heterocycles. The summed E-state index contributed by atoms with van der Waals surface area (Å²) in [6, 6.07) is 2.07. The average molecular weight is 308 g/mol. The van der Waals surface area contributed by atoms with Gasteiger partial charge in [-0.1, -0.05) is 13.8 Å². The number of carbonyl (C=O) groups is 2. The van der Waals surface area contributed by atoms with Crippen molar-refractivity contribution in [3.63, 3.8) is 0 Å². The average Bonchev–Trinajstić information content (AvgIpc) is 2.89. The van der Waals surface area contributed by atoms with Crippen LogP contribution in [0.2, 0.25) is 0 Å². The number of amides is 2. The van der Waals surface area contributed by atoms with Gasteiger partial charge in [-0.2, -0.15) is 0 Å². The second-order valence-electron chi connectivity index (χ2n) is 6.00. The molecule has 0 spiro atoms. The molecule has 0 bridgehead atoms. The molecule has 2 rings (SSSR count). The predicted octanol–water partition coefficient (Wildman–Crippen LogP) is 2.57. The van der Waals surface area contributed by atoms with Gasteiger partial charge in [-0.3, -0.25) is 9.59 Å². The molecule has 2 amide bonds. The van der Waals surface area contributed by atoms with Crippen molar-refractivity contribution in [3.05, 3.63) is 21.9 Å². The van der Waals surface area contributed by atoms with Crippen molar-refractivity contribution in [2.45, 2.75) is 40.2 Å². The summed E-state index contributed by atoms with van der Waals surface area (Å²) in [6.45, 7) is 7.93. The van der Waals surface area contributed by atoms with Gasteiger partial charge in [-0.05, 0) is 36.8 Å². The van der Waals surface area contributed by atoms with Gasteiger partial charge in [-0.15, -0.1) is 11.3 Å². The summed E-state index contributed by atoms with van der Waals surface area (Å²) in [5.41, 5.74) is 1.23. The van der Waals surface area contributed by atoms with Gasteiger partial charge in [0.1, 0.15) is 0 Å². The monoisotopic (exact) mass is 308 g/mol. The molecule has 1 aromatic rings. The molecule has 4 nitrogen and oxygen atoms in total. The van der Waals surface area contributed by atoms with Crippen LogP contribution < -0.4 is 5.32 Å². The molecule has 116 valence electrons. The summed E-state index contributed by atoms with van der Waals surface area (Å²) in [6.07, 6.45) is 1.54. The van der Waals surface area contributed by atoms with E-state index in [-0.39, 0.29) is 23.7 Å². The molecule has 0 radical (unpaired) electrons. The molecule has 0 atom stereocenters. The third-order valence-corrected chi connectivity index (χ3v) is 5.09. The van der Waals surface area contributed by atoms with E-state index in [1.807, 2.05) is 24.1 Å². The molecular formula is C16H24N2O2S. The van der Waals surface area contributed by atoms with Gasteiger partial charge in [-0.25, -0.2) is 0 Å². The number of nitrogens with zero attached hydrogens (tertiary/aromatic N) is 1. The van der Waals surface area contributed by atoms with Gasteiger partial charge < -0.3 is 10.2 Å². The zero-order valence-electron chi connectivity index (χ0n) is 13.0. The highest BCUT2D eigenvalue weighted by molar-refractivity contribution is 7.10. The van der Waals surface area contributed by atoms with Gasteiger partial charge in [0.25, 0.3) is 0 Å². The highest BCUT2D eigenvalue weighted by atomic mass is 32.1. The molecule has 21 heavy (non-hydrogen) atoms. The normalized spacial score (nSPS) is 16.3. The summed E-state index contributed by atoms with van der Waals surface area (Å²) in [4.78, 5) is 27.2. The van der Waals surface area contributed by atoms with E-state index >= 15 is 0 Å².